The first-order valence-electron chi connectivity index (χ1n) is 4.88. The number of hydrogen-bond donors (Lipinski definition) is 1. The Kier molecular flexibility index (Phi) is 3.30. The minimum atomic E-state index is -0.940. The van der Waals surface area contributed by atoms with Crippen molar-refractivity contribution in [3.05, 3.63) is 0 Å². The van der Waals surface area contributed by atoms with Gasteiger partial charge >= 0.3 is 6.09 Å². The first-order valence-corrected chi connectivity index (χ1v) is 4.88. The summed E-state index contributed by atoms with van der Waals surface area (Å²) in [7, 11) is 0. The van der Waals surface area contributed by atoms with Crippen molar-refractivity contribution in [1.82, 2.24) is 4.90 Å². The summed E-state index contributed by atoms with van der Waals surface area (Å²) in [5.74, 6) is -0.0740. The summed E-state index contributed by atoms with van der Waals surface area (Å²) < 4.78 is 0. The van der Waals surface area contributed by atoms with Gasteiger partial charge in [-0.05, 0) is 12.8 Å². The van der Waals surface area contributed by atoms with E-state index in [4.69, 9.17) is 10.4 Å². The Bertz CT molecular complexity index is 311. The van der Waals surface area contributed by atoms with Crippen LogP contribution in [0.25, 0.3) is 0 Å². The van der Waals surface area contributed by atoms with E-state index in [0.717, 1.165) is 0 Å². The Morgan fingerprint density at radius 2 is 2.00 bits per heavy atom. The van der Waals surface area contributed by atoms with Crippen molar-refractivity contribution < 1.29 is 14.7 Å². The lowest BCUT2D eigenvalue weighted by atomic mass is 9.76. The van der Waals surface area contributed by atoms with Gasteiger partial charge in [0.1, 0.15) is 0 Å². The number of Topliss-reactive ketones (excluding diaryl/α,β-unsaturated/α-hetero) is 1. The molecular formula is C10H14N2O3. The fourth-order valence-electron chi connectivity index (χ4n) is 1.76. The number of amides is 1. The number of carbonyl (C=O) groups excluding carboxylic acids is 1. The molecule has 1 amide bonds. The zero-order valence-electron chi connectivity index (χ0n) is 8.69. The standard InChI is InChI=1S/C10H14N2O3/c1-10(8(13)2-5-11)3-6-12(7-4-10)9(14)15/h2-4,6-7H2,1H3,(H,14,15). The van der Waals surface area contributed by atoms with Crippen LogP contribution in [0.2, 0.25) is 0 Å². The highest BCUT2D eigenvalue weighted by atomic mass is 16.4. The molecule has 1 aliphatic rings. The Morgan fingerprint density at radius 3 is 2.40 bits per heavy atom. The number of rotatable bonds is 2. The number of piperidine rings is 1. The first-order chi connectivity index (χ1) is 6.99. The van der Waals surface area contributed by atoms with Crippen molar-refractivity contribution in [2.45, 2.75) is 26.2 Å². The number of nitriles is 1. The fourth-order valence-corrected chi connectivity index (χ4v) is 1.76. The van der Waals surface area contributed by atoms with Gasteiger partial charge in [0.15, 0.2) is 5.78 Å². The number of hydrogen-bond acceptors (Lipinski definition) is 3. The SMILES string of the molecule is CC1(C(=O)CC#N)CCN(C(=O)O)CC1. The third-order valence-electron chi connectivity index (χ3n) is 3.05. The van der Waals surface area contributed by atoms with Crippen LogP contribution in [-0.2, 0) is 4.79 Å². The van der Waals surface area contributed by atoms with Gasteiger partial charge in [0, 0.05) is 18.5 Å². The van der Waals surface area contributed by atoms with Gasteiger partial charge in [-0.3, -0.25) is 4.79 Å². The highest BCUT2D eigenvalue weighted by Gasteiger charge is 2.37. The summed E-state index contributed by atoms with van der Waals surface area (Å²) in [5, 5.41) is 17.2. The van der Waals surface area contributed by atoms with Crippen LogP contribution in [0, 0.1) is 16.7 Å². The van der Waals surface area contributed by atoms with E-state index in [9.17, 15) is 9.59 Å². The normalized spacial score (nSPS) is 19.3. The lowest BCUT2D eigenvalue weighted by Crippen LogP contribution is -2.44. The molecule has 1 aliphatic heterocycles. The maximum absolute atomic E-state index is 11.6. The molecule has 1 rings (SSSR count). The summed E-state index contributed by atoms with van der Waals surface area (Å²) in [6.45, 7) is 2.57. The van der Waals surface area contributed by atoms with Gasteiger partial charge in [-0.1, -0.05) is 6.92 Å². The number of nitrogens with zero attached hydrogens (tertiary/aromatic N) is 2. The Morgan fingerprint density at radius 1 is 1.47 bits per heavy atom. The molecule has 0 aromatic carbocycles. The lowest BCUT2D eigenvalue weighted by Gasteiger charge is -2.36. The molecule has 0 aliphatic carbocycles. The Balaban J connectivity index is 2.59. The van der Waals surface area contributed by atoms with Crippen LogP contribution in [0.15, 0.2) is 0 Å². The van der Waals surface area contributed by atoms with Gasteiger partial charge in [0.2, 0.25) is 0 Å². The number of carbonyl (C=O) groups is 2. The molecule has 0 aromatic heterocycles. The van der Waals surface area contributed by atoms with Crippen molar-refractivity contribution in [2.24, 2.45) is 5.41 Å². The smallest absolute Gasteiger partial charge is 0.407 e. The van der Waals surface area contributed by atoms with Gasteiger partial charge in [-0.2, -0.15) is 5.26 Å². The van der Waals surface area contributed by atoms with Gasteiger partial charge in [-0.15, -0.1) is 0 Å². The summed E-state index contributed by atoms with van der Waals surface area (Å²) in [4.78, 5) is 23.6. The van der Waals surface area contributed by atoms with Gasteiger partial charge in [-0.25, -0.2) is 4.79 Å². The third kappa shape index (κ3) is 2.46. The van der Waals surface area contributed by atoms with E-state index in [1.807, 2.05) is 13.0 Å². The molecule has 1 N–H and O–H groups in total. The summed E-state index contributed by atoms with van der Waals surface area (Å²) in [6.07, 6.45) is 0.00760. The minimum absolute atomic E-state index is 0.0740. The second-order valence-corrected chi connectivity index (χ2v) is 4.09. The van der Waals surface area contributed by atoms with Crippen LogP contribution in [0.1, 0.15) is 26.2 Å². The van der Waals surface area contributed by atoms with Crippen LogP contribution >= 0.6 is 0 Å². The molecule has 0 spiro atoms. The van der Waals surface area contributed by atoms with Crippen LogP contribution in [0.4, 0.5) is 4.79 Å². The lowest BCUT2D eigenvalue weighted by molar-refractivity contribution is -0.129. The van der Waals surface area contributed by atoms with E-state index in [1.165, 1.54) is 4.90 Å². The average molecular weight is 210 g/mol. The largest absolute Gasteiger partial charge is 0.465 e. The maximum atomic E-state index is 11.6. The van der Waals surface area contributed by atoms with Crippen LogP contribution < -0.4 is 0 Å². The van der Waals surface area contributed by atoms with Crippen molar-refractivity contribution in [1.29, 1.82) is 5.26 Å². The summed E-state index contributed by atoms with van der Waals surface area (Å²) in [5.41, 5.74) is -0.512. The molecule has 0 unspecified atom stereocenters. The fraction of sp³-hybridized carbons (Fsp3) is 0.700. The first kappa shape index (κ1) is 11.5. The molecule has 0 radical (unpaired) electrons. The van der Waals surface area contributed by atoms with Crippen molar-refractivity contribution in [3.63, 3.8) is 0 Å². The van der Waals surface area contributed by atoms with E-state index in [-0.39, 0.29) is 12.2 Å². The molecule has 5 heteroatoms. The summed E-state index contributed by atoms with van der Waals surface area (Å²) in [6, 6.07) is 1.84. The van der Waals surface area contributed by atoms with E-state index >= 15 is 0 Å². The number of likely N-dealkylation sites (tertiary alicyclic amines) is 1. The van der Waals surface area contributed by atoms with Gasteiger partial charge in [0.05, 0.1) is 12.5 Å². The molecule has 1 saturated heterocycles. The van der Waals surface area contributed by atoms with Gasteiger partial charge in [0.25, 0.3) is 0 Å². The average Bonchev–Trinajstić information content (AvgIpc) is 2.18. The molecule has 0 bridgehead atoms. The molecule has 5 nitrogen and oxygen atoms in total. The third-order valence-corrected chi connectivity index (χ3v) is 3.05. The second kappa shape index (κ2) is 4.30. The van der Waals surface area contributed by atoms with E-state index in [1.54, 1.807) is 0 Å². The zero-order chi connectivity index (χ0) is 11.5. The van der Waals surface area contributed by atoms with Crippen LogP contribution in [0.5, 0.6) is 0 Å². The molecule has 1 fully saturated rings. The quantitative estimate of drug-likeness (QED) is 0.743. The van der Waals surface area contributed by atoms with Crippen molar-refractivity contribution in [2.75, 3.05) is 13.1 Å². The molecule has 0 saturated carbocycles. The number of carboxylic acid groups (broad SMARTS) is 1. The van der Waals surface area contributed by atoms with E-state index < -0.39 is 11.5 Å². The maximum Gasteiger partial charge on any atom is 0.407 e. The van der Waals surface area contributed by atoms with Crippen molar-refractivity contribution in [3.8, 4) is 6.07 Å². The highest BCUT2D eigenvalue weighted by Crippen LogP contribution is 2.32. The molecule has 0 atom stereocenters. The minimum Gasteiger partial charge on any atom is -0.465 e. The molecular weight excluding hydrogens is 196 g/mol. The predicted octanol–water partition coefficient (Wildman–Crippen LogP) is 1.25. The highest BCUT2D eigenvalue weighted by molar-refractivity contribution is 5.86. The zero-order valence-corrected chi connectivity index (χ0v) is 8.69. The van der Waals surface area contributed by atoms with Gasteiger partial charge < -0.3 is 10.0 Å². The molecule has 15 heavy (non-hydrogen) atoms. The predicted molar refractivity (Wildman–Crippen MR) is 52.2 cm³/mol. The van der Waals surface area contributed by atoms with Crippen LogP contribution in [0.3, 0.4) is 0 Å². The Hall–Kier alpha value is -1.57. The topological polar surface area (TPSA) is 81.4 Å². The number of ketones is 1. The molecule has 82 valence electrons. The van der Waals surface area contributed by atoms with Crippen LogP contribution in [-0.4, -0.2) is 35.0 Å². The van der Waals surface area contributed by atoms with Crippen molar-refractivity contribution >= 4 is 11.9 Å². The summed E-state index contributed by atoms with van der Waals surface area (Å²) >= 11 is 0. The molecule has 1 heterocycles. The van der Waals surface area contributed by atoms with E-state index in [0.29, 0.717) is 25.9 Å². The Labute approximate surface area is 88.3 Å². The monoisotopic (exact) mass is 210 g/mol. The second-order valence-electron chi connectivity index (χ2n) is 4.09. The molecule has 0 aromatic rings. The van der Waals surface area contributed by atoms with E-state index in [2.05, 4.69) is 0 Å².